The van der Waals surface area contributed by atoms with E-state index in [1.165, 1.54) is 31.2 Å². The highest BCUT2D eigenvalue weighted by molar-refractivity contribution is 5.94. The average Bonchev–Trinajstić information content (AvgIpc) is 2.62. The number of carboxylic acids is 2. The molecule has 29 heavy (non-hydrogen) atoms. The van der Waals surface area contributed by atoms with Gasteiger partial charge < -0.3 is 26.0 Å². The third-order valence-corrected chi connectivity index (χ3v) is 4.45. The number of aliphatic carboxylic acids is 2. The number of hydrogen-bond donors (Lipinski definition) is 5. The van der Waals surface area contributed by atoms with Crippen molar-refractivity contribution in [3.8, 4) is 0 Å². The van der Waals surface area contributed by atoms with Crippen LogP contribution in [0, 0.1) is 5.82 Å². The van der Waals surface area contributed by atoms with Crippen LogP contribution in [0.4, 0.5) is 4.39 Å². The number of carboxylic acid groups (broad SMARTS) is 2. The second kappa shape index (κ2) is 9.97. The highest BCUT2D eigenvalue weighted by Crippen LogP contribution is 2.24. The van der Waals surface area contributed by atoms with E-state index in [9.17, 15) is 28.7 Å². The molecule has 3 atom stereocenters. The first-order valence-corrected chi connectivity index (χ1v) is 8.86. The largest absolute Gasteiger partial charge is 0.481 e. The summed E-state index contributed by atoms with van der Waals surface area (Å²) in [6.45, 7) is 4.32. The average molecular weight is 412 g/mol. The Morgan fingerprint density at radius 2 is 1.62 bits per heavy atom. The predicted molar refractivity (Wildman–Crippen MR) is 99.5 cm³/mol. The fraction of sp³-hybridized carbons (Fsp3) is 0.474. The lowest BCUT2D eigenvalue weighted by molar-refractivity contribution is -0.144. The molecule has 0 spiro atoms. The number of nitrogens with one attached hydrogen (secondary N) is 2. The van der Waals surface area contributed by atoms with E-state index in [2.05, 4.69) is 10.6 Å². The van der Waals surface area contributed by atoms with E-state index in [4.69, 9.17) is 10.2 Å². The number of carbonyl (C=O) groups excluding carboxylic acids is 2. The Morgan fingerprint density at radius 3 is 2.07 bits per heavy atom. The smallest absolute Gasteiger partial charge is 0.326 e. The van der Waals surface area contributed by atoms with Crippen LogP contribution in [0.5, 0.6) is 0 Å². The van der Waals surface area contributed by atoms with Gasteiger partial charge in [-0.3, -0.25) is 14.4 Å². The van der Waals surface area contributed by atoms with Crippen LogP contribution in [0.15, 0.2) is 24.3 Å². The number of rotatable bonds is 10. The maximum atomic E-state index is 13.1. The summed E-state index contributed by atoms with van der Waals surface area (Å²) in [5, 5.41) is 32.2. The first kappa shape index (κ1) is 24.0. The van der Waals surface area contributed by atoms with Crippen molar-refractivity contribution in [3.05, 3.63) is 35.6 Å². The second-order valence-electron chi connectivity index (χ2n) is 7.16. The summed E-state index contributed by atoms with van der Waals surface area (Å²) in [6, 6.07) is 2.22. The van der Waals surface area contributed by atoms with E-state index in [1.54, 1.807) is 13.8 Å². The Hall–Kier alpha value is -3.01. The Bertz CT molecular complexity index is 762. The van der Waals surface area contributed by atoms with Crippen molar-refractivity contribution < 1.29 is 38.9 Å². The number of halogens is 1. The first-order valence-electron chi connectivity index (χ1n) is 8.86. The molecule has 0 fully saturated rings. The topological polar surface area (TPSA) is 153 Å². The number of aliphatic hydroxyl groups is 1. The van der Waals surface area contributed by atoms with Gasteiger partial charge in [0.1, 0.15) is 17.9 Å². The summed E-state index contributed by atoms with van der Waals surface area (Å²) in [4.78, 5) is 47.0. The standard InChI is InChI=1S/C19H25FN2O7/c1-10(23)15(16(26)21-13(17(27)28)8-9-14(24)25)22-18(29)19(2,3)11-4-6-12(20)7-5-11/h4-7,10,13,15,23H,8-9H2,1-3H3,(H,21,26)(H,22,29)(H,24,25)(H,27,28)/t10-,13-,15+/m1/s1. The molecule has 0 unspecified atom stereocenters. The van der Waals surface area contributed by atoms with Gasteiger partial charge in [-0.15, -0.1) is 0 Å². The summed E-state index contributed by atoms with van der Waals surface area (Å²) < 4.78 is 13.1. The molecule has 160 valence electrons. The molecule has 1 rings (SSSR count). The zero-order chi connectivity index (χ0) is 22.4. The molecule has 1 aromatic carbocycles. The van der Waals surface area contributed by atoms with Gasteiger partial charge in [0.25, 0.3) is 0 Å². The van der Waals surface area contributed by atoms with Crippen LogP contribution in [0.3, 0.4) is 0 Å². The van der Waals surface area contributed by atoms with Gasteiger partial charge in [0, 0.05) is 6.42 Å². The highest BCUT2D eigenvalue weighted by atomic mass is 19.1. The first-order chi connectivity index (χ1) is 13.4. The van der Waals surface area contributed by atoms with E-state index in [-0.39, 0.29) is 6.42 Å². The van der Waals surface area contributed by atoms with Gasteiger partial charge in [-0.25, -0.2) is 9.18 Å². The second-order valence-corrected chi connectivity index (χ2v) is 7.16. The van der Waals surface area contributed by atoms with Crippen molar-refractivity contribution in [1.82, 2.24) is 10.6 Å². The summed E-state index contributed by atoms with van der Waals surface area (Å²) in [5.41, 5.74) is -0.720. The van der Waals surface area contributed by atoms with E-state index in [0.29, 0.717) is 5.56 Å². The molecule has 0 saturated heterocycles. The Morgan fingerprint density at radius 1 is 1.07 bits per heavy atom. The minimum Gasteiger partial charge on any atom is -0.481 e. The number of amides is 2. The zero-order valence-corrected chi connectivity index (χ0v) is 16.3. The molecular weight excluding hydrogens is 387 g/mol. The fourth-order valence-corrected chi connectivity index (χ4v) is 2.51. The lowest BCUT2D eigenvalue weighted by Gasteiger charge is -2.29. The molecule has 0 bridgehead atoms. The maximum absolute atomic E-state index is 13.1. The fourth-order valence-electron chi connectivity index (χ4n) is 2.51. The lowest BCUT2D eigenvalue weighted by Crippen LogP contribution is -2.58. The molecule has 2 amide bonds. The van der Waals surface area contributed by atoms with E-state index in [1.807, 2.05) is 0 Å². The Labute approximate surface area is 166 Å². The van der Waals surface area contributed by atoms with Crippen molar-refractivity contribution in [1.29, 1.82) is 0 Å². The molecule has 0 aliphatic carbocycles. The summed E-state index contributed by atoms with van der Waals surface area (Å²) in [5.74, 6) is -4.77. The summed E-state index contributed by atoms with van der Waals surface area (Å²) >= 11 is 0. The summed E-state index contributed by atoms with van der Waals surface area (Å²) in [6.07, 6.45) is -2.21. The van der Waals surface area contributed by atoms with Gasteiger partial charge in [-0.1, -0.05) is 12.1 Å². The lowest BCUT2D eigenvalue weighted by atomic mass is 9.83. The normalized spacial score (nSPS) is 14.4. The van der Waals surface area contributed by atoms with Crippen LogP contribution in [0.25, 0.3) is 0 Å². The molecule has 0 heterocycles. The molecule has 9 nitrogen and oxygen atoms in total. The molecular formula is C19H25FN2O7. The Balaban J connectivity index is 2.94. The monoisotopic (exact) mass is 412 g/mol. The van der Waals surface area contributed by atoms with Crippen LogP contribution >= 0.6 is 0 Å². The van der Waals surface area contributed by atoms with Gasteiger partial charge in [0.15, 0.2) is 0 Å². The molecule has 0 aliphatic rings. The molecule has 0 saturated carbocycles. The highest BCUT2D eigenvalue weighted by Gasteiger charge is 2.36. The van der Waals surface area contributed by atoms with Crippen LogP contribution in [0.2, 0.25) is 0 Å². The third kappa shape index (κ3) is 6.83. The SMILES string of the molecule is C[C@@H](O)[C@H](NC(=O)C(C)(C)c1ccc(F)cc1)C(=O)N[C@H](CCC(=O)O)C(=O)O. The van der Waals surface area contributed by atoms with Crippen molar-refractivity contribution in [2.24, 2.45) is 0 Å². The van der Waals surface area contributed by atoms with Gasteiger partial charge in [-0.05, 0) is 44.9 Å². The van der Waals surface area contributed by atoms with Crippen molar-refractivity contribution >= 4 is 23.8 Å². The van der Waals surface area contributed by atoms with Crippen molar-refractivity contribution in [2.45, 2.75) is 57.2 Å². The number of hydrogen-bond acceptors (Lipinski definition) is 5. The van der Waals surface area contributed by atoms with Gasteiger partial charge >= 0.3 is 11.9 Å². The Kier molecular flexibility index (Phi) is 8.26. The van der Waals surface area contributed by atoms with Crippen molar-refractivity contribution in [2.75, 3.05) is 0 Å². The molecule has 0 aliphatic heterocycles. The third-order valence-electron chi connectivity index (χ3n) is 4.45. The number of carbonyl (C=O) groups is 4. The zero-order valence-electron chi connectivity index (χ0n) is 16.3. The molecule has 0 radical (unpaired) electrons. The molecule has 5 N–H and O–H groups in total. The van der Waals surface area contributed by atoms with E-state index >= 15 is 0 Å². The molecule has 1 aromatic rings. The number of aliphatic hydroxyl groups excluding tert-OH is 1. The van der Waals surface area contributed by atoms with Crippen LogP contribution in [-0.2, 0) is 24.6 Å². The minimum absolute atomic E-state index is 0.363. The van der Waals surface area contributed by atoms with Gasteiger partial charge in [-0.2, -0.15) is 0 Å². The van der Waals surface area contributed by atoms with Crippen LogP contribution < -0.4 is 10.6 Å². The molecule has 0 aromatic heterocycles. The molecule has 10 heteroatoms. The predicted octanol–water partition coefficient (Wildman–Crippen LogP) is 0.403. The van der Waals surface area contributed by atoms with Gasteiger partial charge in [0.2, 0.25) is 11.8 Å². The van der Waals surface area contributed by atoms with Crippen LogP contribution in [0.1, 0.15) is 39.2 Å². The maximum Gasteiger partial charge on any atom is 0.326 e. The van der Waals surface area contributed by atoms with E-state index in [0.717, 1.165) is 0 Å². The summed E-state index contributed by atoms with van der Waals surface area (Å²) in [7, 11) is 0. The van der Waals surface area contributed by atoms with Gasteiger partial charge in [0.05, 0.1) is 11.5 Å². The van der Waals surface area contributed by atoms with Crippen LogP contribution in [-0.4, -0.2) is 57.3 Å². The quantitative estimate of drug-likeness (QED) is 0.373. The van der Waals surface area contributed by atoms with E-state index < -0.39 is 59.6 Å². The van der Waals surface area contributed by atoms with Crippen molar-refractivity contribution in [3.63, 3.8) is 0 Å². The number of benzene rings is 1. The minimum atomic E-state index is -1.50.